The Hall–Kier alpha value is -1.95. The van der Waals surface area contributed by atoms with E-state index < -0.39 is 0 Å². The molecule has 1 unspecified atom stereocenters. The van der Waals surface area contributed by atoms with Crippen LogP contribution in [-0.2, 0) is 7.05 Å². The Morgan fingerprint density at radius 2 is 2.21 bits per heavy atom. The van der Waals surface area contributed by atoms with E-state index in [1.165, 1.54) is 5.56 Å². The van der Waals surface area contributed by atoms with Crippen molar-refractivity contribution in [2.45, 2.75) is 12.8 Å². The molecule has 1 aromatic heterocycles. The molecule has 0 bridgehead atoms. The van der Waals surface area contributed by atoms with Crippen molar-refractivity contribution in [2.24, 2.45) is 7.05 Å². The van der Waals surface area contributed by atoms with Gasteiger partial charge < -0.3 is 10.1 Å². The summed E-state index contributed by atoms with van der Waals surface area (Å²) >= 11 is 0. The summed E-state index contributed by atoms with van der Waals surface area (Å²) in [5.41, 5.74) is 2.28. The van der Waals surface area contributed by atoms with E-state index in [1.807, 2.05) is 26.2 Å². The molecule has 2 rings (SSSR count). The lowest BCUT2D eigenvalue weighted by atomic mass is 9.95. The van der Waals surface area contributed by atoms with E-state index in [1.54, 1.807) is 11.8 Å². The van der Waals surface area contributed by atoms with Crippen LogP contribution in [0.2, 0.25) is 0 Å². The second-order valence-corrected chi connectivity index (χ2v) is 4.52. The maximum Gasteiger partial charge on any atom is 0.159 e. The largest absolute Gasteiger partial charge is 0.496 e. The van der Waals surface area contributed by atoms with Gasteiger partial charge in [-0.3, -0.25) is 0 Å². The van der Waals surface area contributed by atoms with Crippen molar-refractivity contribution in [3.8, 4) is 5.75 Å². The summed E-state index contributed by atoms with van der Waals surface area (Å²) in [4.78, 5) is 0. The molecule has 1 aromatic carbocycles. The van der Waals surface area contributed by atoms with Gasteiger partial charge in [0, 0.05) is 19.2 Å². The zero-order chi connectivity index (χ0) is 13.8. The van der Waals surface area contributed by atoms with E-state index >= 15 is 0 Å². The normalized spacial score (nSPS) is 12.4. The summed E-state index contributed by atoms with van der Waals surface area (Å²) in [5, 5.41) is 14.9. The molecule has 6 heteroatoms. The van der Waals surface area contributed by atoms with Gasteiger partial charge in [0.1, 0.15) is 5.75 Å². The first-order chi connectivity index (χ1) is 9.17. The molecule has 0 saturated heterocycles. The van der Waals surface area contributed by atoms with E-state index in [0.29, 0.717) is 0 Å². The van der Waals surface area contributed by atoms with Crippen LogP contribution in [0.3, 0.4) is 0 Å². The molecular weight excluding hydrogens is 242 g/mol. The van der Waals surface area contributed by atoms with E-state index in [0.717, 1.165) is 23.7 Å². The van der Waals surface area contributed by atoms with Crippen LogP contribution in [0.5, 0.6) is 5.75 Å². The molecule has 0 radical (unpaired) electrons. The molecule has 102 valence electrons. The summed E-state index contributed by atoms with van der Waals surface area (Å²) in [6, 6.07) is 6.14. The number of methoxy groups -OCH3 is 1. The smallest absolute Gasteiger partial charge is 0.159 e. The Morgan fingerprint density at radius 1 is 1.42 bits per heavy atom. The molecule has 0 amide bonds. The highest BCUT2D eigenvalue weighted by Gasteiger charge is 2.22. The van der Waals surface area contributed by atoms with Gasteiger partial charge in [-0.25, -0.2) is 4.68 Å². The Labute approximate surface area is 112 Å². The van der Waals surface area contributed by atoms with E-state index in [2.05, 4.69) is 33.8 Å². The molecule has 0 saturated carbocycles. The second kappa shape index (κ2) is 5.79. The van der Waals surface area contributed by atoms with Gasteiger partial charge in [-0.15, -0.1) is 5.10 Å². The van der Waals surface area contributed by atoms with Crippen molar-refractivity contribution in [1.82, 2.24) is 25.5 Å². The number of aromatic nitrogens is 4. The third-order valence-electron chi connectivity index (χ3n) is 3.13. The van der Waals surface area contributed by atoms with Crippen molar-refractivity contribution in [3.63, 3.8) is 0 Å². The predicted molar refractivity (Wildman–Crippen MR) is 72.3 cm³/mol. The summed E-state index contributed by atoms with van der Waals surface area (Å²) in [6.45, 7) is 2.81. The van der Waals surface area contributed by atoms with Gasteiger partial charge in [0.05, 0.1) is 13.0 Å². The fourth-order valence-electron chi connectivity index (χ4n) is 2.20. The summed E-state index contributed by atoms with van der Waals surface area (Å²) < 4.78 is 7.16. The average Bonchev–Trinajstić information content (AvgIpc) is 2.82. The topological polar surface area (TPSA) is 64.9 Å². The number of nitrogens with one attached hydrogen (secondary N) is 1. The van der Waals surface area contributed by atoms with Crippen LogP contribution in [0.15, 0.2) is 18.2 Å². The van der Waals surface area contributed by atoms with Crippen molar-refractivity contribution in [1.29, 1.82) is 0 Å². The van der Waals surface area contributed by atoms with Crippen LogP contribution < -0.4 is 10.1 Å². The van der Waals surface area contributed by atoms with Crippen LogP contribution >= 0.6 is 0 Å². The lowest BCUT2D eigenvalue weighted by Gasteiger charge is -2.18. The fourth-order valence-corrected chi connectivity index (χ4v) is 2.20. The molecule has 1 heterocycles. The summed E-state index contributed by atoms with van der Waals surface area (Å²) in [6.07, 6.45) is 0. The molecule has 2 aromatic rings. The quantitative estimate of drug-likeness (QED) is 0.865. The van der Waals surface area contributed by atoms with Crippen LogP contribution in [0.4, 0.5) is 0 Å². The molecule has 0 aliphatic carbocycles. The number of tetrazole rings is 1. The summed E-state index contributed by atoms with van der Waals surface area (Å²) in [5.74, 6) is 1.73. The number of likely N-dealkylation sites (N-methyl/N-ethyl adjacent to an activating group) is 1. The van der Waals surface area contributed by atoms with E-state index in [9.17, 15) is 0 Å². The monoisotopic (exact) mass is 261 g/mol. The summed E-state index contributed by atoms with van der Waals surface area (Å²) in [7, 11) is 5.44. The Balaban J connectivity index is 2.50. The number of hydrogen-bond acceptors (Lipinski definition) is 5. The highest BCUT2D eigenvalue weighted by atomic mass is 16.5. The SMILES string of the molecule is CNCC(c1cc(C)ccc1OC)c1nnnn1C. The molecule has 19 heavy (non-hydrogen) atoms. The maximum atomic E-state index is 5.46. The predicted octanol–water partition coefficient (Wildman–Crippen LogP) is 0.878. The molecule has 0 fully saturated rings. The van der Waals surface area contributed by atoms with Gasteiger partial charge in [-0.05, 0) is 30.5 Å². The van der Waals surface area contributed by atoms with Crippen LogP contribution in [0, 0.1) is 6.92 Å². The van der Waals surface area contributed by atoms with Gasteiger partial charge in [-0.2, -0.15) is 0 Å². The molecule has 6 nitrogen and oxygen atoms in total. The first kappa shape index (κ1) is 13.5. The standard InChI is InChI=1S/C13H19N5O/c1-9-5-6-12(19-4)10(7-9)11(8-14-2)13-15-16-17-18(13)3/h5-7,11,14H,8H2,1-4H3. The van der Waals surface area contributed by atoms with Crippen molar-refractivity contribution in [2.75, 3.05) is 20.7 Å². The third-order valence-corrected chi connectivity index (χ3v) is 3.13. The zero-order valence-corrected chi connectivity index (χ0v) is 11.7. The molecule has 0 aliphatic rings. The molecule has 1 atom stereocenters. The molecule has 0 spiro atoms. The highest BCUT2D eigenvalue weighted by molar-refractivity contribution is 5.42. The van der Waals surface area contributed by atoms with Gasteiger partial charge in [0.2, 0.25) is 0 Å². The van der Waals surface area contributed by atoms with Crippen molar-refractivity contribution < 1.29 is 4.74 Å². The minimum absolute atomic E-state index is 0.0554. The second-order valence-electron chi connectivity index (χ2n) is 4.52. The van der Waals surface area contributed by atoms with Gasteiger partial charge in [0.15, 0.2) is 5.82 Å². The number of aryl methyl sites for hydroxylation is 2. The lowest BCUT2D eigenvalue weighted by molar-refractivity contribution is 0.405. The van der Waals surface area contributed by atoms with Crippen LogP contribution in [0.25, 0.3) is 0 Å². The number of ether oxygens (including phenoxy) is 1. The minimum atomic E-state index is 0.0554. The molecule has 1 N–H and O–H groups in total. The van der Waals surface area contributed by atoms with Gasteiger partial charge in [-0.1, -0.05) is 17.7 Å². The maximum absolute atomic E-state index is 5.46. The van der Waals surface area contributed by atoms with E-state index in [-0.39, 0.29) is 5.92 Å². The highest BCUT2D eigenvalue weighted by Crippen LogP contribution is 2.30. The number of rotatable bonds is 5. The zero-order valence-electron chi connectivity index (χ0n) is 11.7. The number of benzene rings is 1. The third kappa shape index (κ3) is 2.73. The Kier molecular flexibility index (Phi) is 4.11. The average molecular weight is 261 g/mol. The first-order valence-electron chi connectivity index (χ1n) is 6.18. The minimum Gasteiger partial charge on any atom is -0.496 e. The van der Waals surface area contributed by atoms with E-state index in [4.69, 9.17) is 4.74 Å². The lowest BCUT2D eigenvalue weighted by Crippen LogP contribution is -2.22. The Bertz CT molecular complexity index is 552. The van der Waals surface area contributed by atoms with Gasteiger partial charge in [0.25, 0.3) is 0 Å². The molecular formula is C13H19N5O. The van der Waals surface area contributed by atoms with Gasteiger partial charge >= 0.3 is 0 Å². The van der Waals surface area contributed by atoms with Crippen LogP contribution in [-0.4, -0.2) is 40.9 Å². The Morgan fingerprint density at radius 3 is 2.79 bits per heavy atom. The number of nitrogens with zero attached hydrogens (tertiary/aromatic N) is 4. The molecule has 0 aliphatic heterocycles. The fraction of sp³-hybridized carbons (Fsp3) is 0.462. The van der Waals surface area contributed by atoms with Crippen molar-refractivity contribution in [3.05, 3.63) is 35.2 Å². The number of hydrogen-bond donors (Lipinski definition) is 1. The first-order valence-corrected chi connectivity index (χ1v) is 6.18. The van der Waals surface area contributed by atoms with Crippen LogP contribution in [0.1, 0.15) is 22.9 Å². The van der Waals surface area contributed by atoms with Crippen molar-refractivity contribution >= 4 is 0 Å².